The zero-order valence-corrected chi connectivity index (χ0v) is 11.8. The van der Waals surface area contributed by atoms with E-state index in [0.717, 1.165) is 5.56 Å². The lowest BCUT2D eigenvalue weighted by Crippen LogP contribution is -2.23. The molecule has 1 atom stereocenters. The van der Waals surface area contributed by atoms with E-state index < -0.39 is 10.8 Å². The highest BCUT2D eigenvalue weighted by molar-refractivity contribution is 7.85. The summed E-state index contributed by atoms with van der Waals surface area (Å²) < 4.78 is 22.8. The monoisotopic (exact) mass is 269 g/mol. The second-order valence-electron chi connectivity index (χ2n) is 5.30. The van der Waals surface area contributed by atoms with Gasteiger partial charge in [-0.3, -0.25) is 4.21 Å². The lowest BCUT2D eigenvalue weighted by atomic mass is 10.1. The highest BCUT2D eigenvalue weighted by Crippen LogP contribution is 2.35. The van der Waals surface area contributed by atoms with E-state index in [0.29, 0.717) is 36.2 Å². The highest BCUT2D eigenvalue weighted by Gasteiger charge is 2.22. The lowest BCUT2D eigenvalue weighted by Gasteiger charge is -2.22. The molecule has 0 aromatic heterocycles. The van der Waals surface area contributed by atoms with Gasteiger partial charge in [0.2, 0.25) is 0 Å². The first-order chi connectivity index (χ1) is 8.38. The Bertz CT molecular complexity index is 480. The SMILES string of the molecule is CC(C)(C)S(=O)Cc1cc2c(cc1N)OCCO2. The summed E-state index contributed by atoms with van der Waals surface area (Å²) in [6.07, 6.45) is 0. The van der Waals surface area contributed by atoms with Crippen molar-refractivity contribution in [2.75, 3.05) is 18.9 Å². The van der Waals surface area contributed by atoms with Gasteiger partial charge >= 0.3 is 0 Å². The average molecular weight is 269 g/mol. The molecule has 0 aliphatic carbocycles. The maximum atomic E-state index is 12.1. The molecule has 2 N–H and O–H groups in total. The van der Waals surface area contributed by atoms with E-state index in [1.807, 2.05) is 26.8 Å². The van der Waals surface area contributed by atoms with Crippen LogP contribution in [0.3, 0.4) is 0 Å². The number of benzene rings is 1. The van der Waals surface area contributed by atoms with Crippen molar-refractivity contribution in [3.8, 4) is 11.5 Å². The molecule has 1 aliphatic heterocycles. The van der Waals surface area contributed by atoms with Crippen LogP contribution in [0, 0.1) is 0 Å². The molecule has 1 aromatic carbocycles. The highest BCUT2D eigenvalue weighted by atomic mass is 32.2. The molecule has 0 saturated heterocycles. The van der Waals surface area contributed by atoms with Crippen molar-refractivity contribution in [1.29, 1.82) is 0 Å². The Morgan fingerprint density at radius 2 is 1.78 bits per heavy atom. The van der Waals surface area contributed by atoms with Crippen LogP contribution >= 0.6 is 0 Å². The van der Waals surface area contributed by atoms with Crippen molar-refractivity contribution in [2.24, 2.45) is 0 Å². The first kappa shape index (κ1) is 13.2. The molecular weight excluding hydrogens is 250 g/mol. The number of hydrogen-bond donors (Lipinski definition) is 1. The predicted molar refractivity (Wildman–Crippen MR) is 73.4 cm³/mol. The molecule has 0 radical (unpaired) electrons. The predicted octanol–water partition coefficient (Wildman–Crippen LogP) is 2.09. The molecule has 0 saturated carbocycles. The summed E-state index contributed by atoms with van der Waals surface area (Å²) in [6, 6.07) is 3.59. The number of nitrogens with two attached hydrogens (primary N) is 1. The topological polar surface area (TPSA) is 61.6 Å². The molecule has 0 fully saturated rings. The molecule has 1 heterocycles. The summed E-state index contributed by atoms with van der Waals surface area (Å²) in [5, 5.41) is 0. The van der Waals surface area contributed by atoms with E-state index in [-0.39, 0.29) is 4.75 Å². The van der Waals surface area contributed by atoms with Gasteiger partial charge in [0.1, 0.15) is 13.2 Å². The smallest absolute Gasteiger partial charge is 0.163 e. The molecule has 0 bridgehead atoms. The van der Waals surface area contributed by atoms with E-state index in [1.165, 1.54) is 0 Å². The molecule has 0 spiro atoms. The molecule has 18 heavy (non-hydrogen) atoms. The summed E-state index contributed by atoms with van der Waals surface area (Å²) in [7, 11) is -0.976. The van der Waals surface area contributed by atoms with Crippen LogP contribution in [0.5, 0.6) is 11.5 Å². The quantitative estimate of drug-likeness (QED) is 0.835. The fourth-order valence-electron chi connectivity index (χ4n) is 1.63. The second kappa shape index (κ2) is 4.80. The van der Waals surface area contributed by atoms with Gasteiger partial charge < -0.3 is 15.2 Å². The zero-order chi connectivity index (χ0) is 13.3. The molecular formula is C13H19NO3S. The van der Waals surface area contributed by atoms with Crippen molar-refractivity contribution >= 4 is 16.5 Å². The van der Waals surface area contributed by atoms with Gasteiger partial charge in [0, 0.05) is 27.3 Å². The van der Waals surface area contributed by atoms with Crippen LogP contribution in [0.25, 0.3) is 0 Å². The van der Waals surface area contributed by atoms with Crippen molar-refractivity contribution in [3.05, 3.63) is 17.7 Å². The first-order valence-electron chi connectivity index (χ1n) is 5.94. The summed E-state index contributed by atoms with van der Waals surface area (Å²) >= 11 is 0. The Morgan fingerprint density at radius 3 is 2.33 bits per heavy atom. The van der Waals surface area contributed by atoms with Gasteiger partial charge in [-0.05, 0) is 32.4 Å². The van der Waals surface area contributed by atoms with Crippen LogP contribution in [-0.2, 0) is 16.6 Å². The Balaban J connectivity index is 2.26. The van der Waals surface area contributed by atoms with E-state index in [2.05, 4.69) is 0 Å². The van der Waals surface area contributed by atoms with Gasteiger partial charge in [0.25, 0.3) is 0 Å². The maximum absolute atomic E-state index is 12.1. The number of fused-ring (bicyclic) bond motifs is 1. The Kier molecular flexibility index (Phi) is 3.52. The molecule has 2 rings (SSSR count). The van der Waals surface area contributed by atoms with Gasteiger partial charge in [0.05, 0.1) is 5.75 Å². The third-order valence-corrected chi connectivity index (χ3v) is 4.71. The third-order valence-electron chi connectivity index (χ3n) is 2.77. The van der Waals surface area contributed by atoms with Crippen LogP contribution in [0.2, 0.25) is 0 Å². The van der Waals surface area contributed by atoms with Crippen LogP contribution in [0.4, 0.5) is 5.69 Å². The van der Waals surface area contributed by atoms with E-state index >= 15 is 0 Å². The van der Waals surface area contributed by atoms with Gasteiger partial charge in [-0.15, -0.1) is 0 Å². The van der Waals surface area contributed by atoms with E-state index in [4.69, 9.17) is 15.2 Å². The fraction of sp³-hybridized carbons (Fsp3) is 0.538. The van der Waals surface area contributed by atoms with E-state index in [9.17, 15) is 4.21 Å². The third kappa shape index (κ3) is 2.77. The summed E-state index contributed by atoms with van der Waals surface area (Å²) in [5.74, 6) is 1.80. The standard InChI is InChI=1S/C13H19NO3S/c1-13(2,3)18(15)8-9-6-11-12(7-10(9)14)17-5-4-16-11/h6-7H,4-5,8,14H2,1-3H3. The second-order valence-corrected chi connectivity index (χ2v) is 7.50. The Hall–Kier alpha value is -1.23. The average Bonchev–Trinajstić information content (AvgIpc) is 2.28. The minimum Gasteiger partial charge on any atom is -0.486 e. The van der Waals surface area contributed by atoms with Crippen LogP contribution in [0.15, 0.2) is 12.1 Å². The van der Waals surface area contributed by atoms with Crippen LogP contribution < -0.4 is 15.2 Å². The fourth-order valence-corrected chi connectivity index (χ4v) is 2.59. The maximum Gasteiger partial charge on any atom is 0.163 e. The van der Waals surface area contributed by atoms with E-state index in [1.54, 1.807) is 6.07 Å². The molecule has 5 heteroatoms. The van der Waals surface area contributed by atoms with Crippen LogP contribution in [0.1, 0.15) is 26.3 Å². The summed E-state index contributed by atoms with van der Waals surface area (Å²) in [6.45, 7) is 6.95. The molecule has 1 unspecified atom stereocenters. The van der Waals surface area contributed by atoms with Gasteiger partial charge in [-0.2, -0.15) is 0 Å². The van der Waals surface area contributed by atoms with Gasteiger partial charge in [-0.1, -0.05) is 0 Å². The van der Waals surface area contributed by atoms with Crippen molar-refractivity contribution < 1.29 is 13.7 Å². The summed E-state index contributed by atoms with van der Waals surface area (Å²) in [5.41, 5.74) is 7.43. The number of nitrogen functional groups attached to an aromatic ring is 1. The number of rotatable bonds is 2. The first-order valence-corrected chi connectivity index (χ1v) is 7.26. The number of hydrogen-bond acceptors (Lipinski definition) is 4. The molecule has 100 valence electrons. The van der Waals surface area contributed by atoms with Crippen LogP contribution in [-0.4, -0.2) is 22.2 Å². The zero-order valence-electron chi connectivity index (χ0n) is 11.0. The normalized spacial score (nSPS) is 16.4. The molecule has 0 amide bonds. The van der Waals surface area contributed by atoms with Crippen molar-refractivity contribution in [1.82, 2.24) is 0 Å². The minimum absolute atomic E-state index is 0.250. The van der Waals surface area contributed by atoms with Gasteiger partial charge in [0.15, 0.2) is 11.5 Å². The largest absolute Gasteiger partial charge is 0.486 e. The molecule has 1 aromatic rings. The lowest BCUT2D eigenvalue weighted by molar-refractivity contribution is 0.171. The number of ether oxygens (including phenoxy) is 2. The Morgan fingerprint density at radius 1 is 1.22 bits per heavy atom. The Labute approximate surface area is 110 Å². The van der Waals surface area contributed by atoms with Crippen molar-refractivity contribution in [2.45, 2.75) is 31.3 Å². The van der Waals surface area contributed by atoms with Crippen molar-refractivity contribution in [3.63, 3.8) is 0 Å². The minimum atomic E-state index is -0.976. The number of anilines is 1. The molecule has 1 aliphatic rings. The summed E-state index contributed by atoms with van der Waals surface area (Å²) in [4.78, 5) is 0. The molecule has 4 nitrogen and oxygen atoms in total. The van der Waals surface area contributed by atoms with Gasteiger partial charge in [-0.25, -0.2) is 0 Å².